The second kappa shape index (κ2) is 10.4. The van der Waals surface area contributed by atoms with Gasteiger partial charge < -0.3 is 4.57 Å². The second-order valence-electron chi connectivity index (χ2n) is 5.95. The summed E-state index contributed by atoms with van der Waals surface area (Å²) >= 11 is 0. The predicted molar refractivity (Wildman–Crippen MR) is 115 cm³/mol. The summed E-state index contributed by atoms with van der Waals surface area (Å²) in [6.45, 7) is 7.19. The van der Waals surface area contributed by atoms with Crippen molar-refractivity contribution >= 4 is 28.6 Å². The maximum Gasteiger partial charge on any atom is 0.158 e. The third-order valence-electron chi connectivity index (χ3n) is 4.44. The zero-order valence-electron chi connectivity index (χ0n) is 17.0. The number of terminal acetylenes is 1. The molecule has 1 nitrogen and oxygen atoms in total. The summed E-state index contributed by atoms with van der Waals surface area (Å²) in [5, 5.41) is 2.15. The lowest BCUT2D eigenvalue weighted by Crippen LogP contribution is -2.26. The minimum absolute atomic E-state index is 0.147. The molecule has 0 N–H and O–H groups in total. The van der Waals surface area contributed by atoms with Crippen LogP contribution in [0.4, 0.5) is 13.2 Å². The Bertz CT molecular complexity index is 1080. The number of allylic oxidation sites excluding steroid dienone is 6. The number of hydrogen-bond acceptors (Lipinski definition) is 0. The van der Waals surface area contributed by atoms with E-state index in [1.54, 1.807) is 24.6 Å². The molecule has 0 aliphatic rings. The third kappa shape index (κ3) is 4.31. The fourth-order valence-corrected chi connectivity index (χ4v) is 3.25. The average molecular weight is 385 g/mol. The molecule has 2 aromatic rings. The van der Waals surface area contributed by atoms with Gasteiger partial charge >= 0.3 is 0 Å². The summed E-state index contributed by atoms with van der Waals surface area (Å²) in [6.07, 6.45) is 17.9. The number of aryl methyl sites for hydroxylation is 1. The van der Waals surface area contributed by atoms with E-state index in [9.17, 15) is 8.78 Å². The first-order chi connectivity index (χ1) is 13.4. The Kier molecular flexibility index (Phi) is 8.60. The van der Waals surface area contributed by atoms with Crippen LogP contribution in [0.1, 0.15) is 39.7 Å². The van der Waals surface area contributed by atoms with Gasteiger partial charge in [0, 0.05) is 23.0 Å². The van der Waals surface area contributed by atoms with Crippen molar-refractivity contribution in [3.05, 3.63) is 64.0 Å². The van der Waals surface area contributed by atoms with Crippen LogP contribution in [-0.4, -0.2) is 4.57 Å². The van der Waals surface area contributed by atoms with Crippen LogP contribution in [-0.2, 0) is 7.05 Å². The van der Waals surface area contributed by atoms with Crippen LogP contribution in [0.3, 0.4) is 0 Å². The molecule has 148 valence electrons. The van der Waals surface area contributed by atoms with Crippen LogP contribution in [0.5, 0.6) is 0 Å². The molecule has 28 heavy (non-hydrogen) atoms. The quantitative estimate of drug-likeness (QED) is 0.482. The Balaban J connectivity index is 0.00000190. The monoisotopic (exact) mass is 385 g/mol. The molecule has 0 fully saturated rings. The highest BCUT2D eigenvalue weighted by Gasteiger charge is 2.19. The third-order valence-corrected chi connectivity index (χ3v) is 4.44. The standard InChI is InChI=1S/C22H24F3N.C2H2/c1-6-10-15(23)12-11-14(7-2)20-18(24)13-17-16(8-3)19(9-4)26(5)22(17)21(20)25;1-2/h7-13H,6H2,1-5H3;1-2H/b12-11-,14-7+,15-10+,16-8-,19-9+;. The Morgan fingerprint density at radius 2 is 1.75 bits per heavy atom. The smallest absolute Gasteiger partial charge is 0.158 e. The number of nitrogens with zero attached hydrogens (tertiary/aromatic N) is 1. The molecule has 0 bridgehead atoms. The molecule has 0 unspecified atom stereocenters. The molecule has 0 aliphatic heterocycles. The van der Waals surface area contributed by atoms with Crippen LogP contribution in [0.15, 0.2) is 36.2 Å². The fraction of sp³-hybridized carbons (Fsp3) is 0.250. The molecule has 2 rings (SSSR count). The number of aromatic nitrogens is 1. The molecule has 0 radical (unpaired) electrons. The Morgan fingerprint density at radius 3 is 2.25 bits per heavy atom. The lowest BCUT2D eigenvalue weighted by Gasteiger charge is -2.09. The second-order valence-corrected chi connectivity index (χ2v) is 5.95. The van der Waals surface area contributed by atoms with Gasteiger partial charge in [-0.2, -0.15) is 0 Å². The number of halogens is 3. The van der Waals surface area contributed by atoms with Gasteiger partial charge in [0.05, 0.1) is 11.1 Å². The van der Waals surface area contributed by atoms with E-state index < -0.39 is 17.5 Å². The molecule has 1 heterocycles. The van der Waals surface area contributed by atoms with Gasteiger partial charge in [0.25, 0.3) is 0 Å². The first-order valence-electron chi connectivity index (χ1n) is 9.03. The number of hydrogen-bond donors (Lipinski definition) is 0. The molecule has 1 aromatic carbocycles. The van der Waals surface area contributed by atoms with Gasteiger partial charge in [0.1, 0.15) is 11.6 Å². The zero-order valence-corrected chi connectivity index (χ0v) is 17.0. The van der Waals surface area contributed by atoms with Gasteiger partial charge in [-0.15, -0.1) is 12.8 Å². The maximum absolute atomic E-state index is 15.3. The Hall–Kier alpha value is -2.93. The normalized spacial score (nSPS) is 14.1. The zero-order chi connectivity index (χ0) is 21.4. The molecule has 0 aliphatic carbocycles. The van der Waals surface area contributed by atoms with Crippen molar-refractivity contribution in [1.29, 1.82) is 0 Å². The van der Waals surface area contributed by atoms with Crippen LogP contribution < -0.4 is 10.6 Å². The summed E-state index contributed by atoms with van der Waals surface area (Å²) in [5.74, 6) is -1.74. The Labute approximate surface area is 164 Å². The van der Waals surface area contributed by atoms with Gasteiger partial charge in [0.2, 0.25) is 0 Å². The van der Waals surface area contributed by atoms with E-state index in [0.29, 0.717) is 22.9 Å². The summed E-state index contributed by atoms with van der Waals surface area (Å²) in [4.78, 5) is 0. The molecular weight excluding hydrogens is 359 g/mol. The number of fused-ring (bicyclic) bond motifs is 1. The van der Waals surface area contributed by atoms with Crippen molar-refractivity contribution in [2.24, 2.45) is 7.05 Å². The van der Waals surface area contributed by atoms with E-state index in [4.69, 9.17) is 0 Å². The average Bonchev–Trinajstić information content (AvgIpc) is 2.96. The minimum Gasteiger partial charge on any atom is -0.341 e. The van der Waals surface area contributed by atoms with Gasteiger partial charge in [-0.25, -0.2) is 13.2 Å². The van der Waals surface area contributed by atoms with E-state index >= 15 is 4.39 Å². The van der Waals surface area contributed by atoms with Crippen molar-refractivity contribution in [3.8, 4) is 12.8 Å². The van der Waals surface area contributed by atoms with E-state index in [1.165, 1.54) is 24.3 Å². The van der Waals surface area contributed by atoms with Crippen LogP contribution in [0, 0.1) is 24.5 Å². The highest BCUT2D eigenvalue weighted by atomic mass is 19.1. The van der Waals surface area contributed by atoms with Gasteiger partial charge in [-0.05, 0) is 51.0 Å². The largest absolute Gasteiger partial charge is 0.341 e. The highest BCUT2D eigenvalue weighted by Crippen LogP contribution is 2.28. The maximum atomic E-state index is 15.3. The van der Waals surface area contributed by atoms with Crippen LogP contribution >= 0.6 is 0 Å². The summed E-state index contributed by atoms with van der Waals surface area (Å²) in [7, 11) is 1.75. The summed E-state index contributed by atoms with van der Waals surface area (Å²) in [6, 6.07) is 1.35. The summed E-state index contributed by atoms with van der Waals surface area (Å²) in [5.41, 5.74) is 0.484. The van der Waals surface area contributed by atoms with Gasteiger partial charge in [-0.1, -0.05) is 31.2 Å². The molecular formula is C24H26F3N. The molecule has 1 aromatic heterocycles. The van der Waals surface area contributed by atoms with E-state index in [2.05, 4.69) is 12.8 Å². The molecule has 0 saturated heterocycles. The number of rotatable bonds is 4. The van der Waals surface area contributed by atoms with Crippen LogP contribution in [0.25, 0.3) is 28.6 Å². The van der Waals surface area contributed by atoms with E-state index in [-0.39, 0.29) is 5.56 Å². The van der Waals surface area contributed by atoms with Crippen molar-refractivity contribution in [2.75, 3.05) is 0 Å². The van der Waals surface area contributed by atoms with Crippen molar-refractivity contribution in [2.45, 2.75) is 34.1 Å². The number of benzene rings is 1. The fourth-order valence-electron chi connectivity index (χ4n) is 3.25. The Morgan fingerprint density at radius 1 is 1.11 bits per heavy atom. The van der Waals surface area contributed by atoms with E-state index in [1.807, 2.05) is 32.9 Å². The molecule has 0 spiro atoms. The van der Waals surface area contributed by atoms with E-state index in [0.717, 1.165) is 10.6 Å². The van der Waals surface area contributed by atoms with Crippen LogP contribution in [0.2, 0.25) is 0 Å². The van der Waals surface area contributed by atoms with Crippen molar-refractivity contribution < 1.29 is 13.2 Å². The minimum atomic E-state index is -0.663. The highest BCUT2D eigenvalue weighted by molar-refractivity contribution is 5.88. The predicted octanol–water partition coefficient (Wildman–Crippen LogP) is 5.53. The van der Waals surface area contributed by atoms with Gasteiger partial charge in [-0.3, -0.25) is 0 Å². The molecule has 0 atom stereocenters. The molecule has 0 amide bonds. The molecule has 0 saturated carbocycles. The molecule has 4 heteroatoms. The lowest BCUT2D eigenvalue weighted by atomic mass is 10.0. The van der Waals surface area contributed by atoms with Crippen molar-refractivity contribution in [3.63, 3.8) is 0 Å². The first-order valence-corrected chi connectivity index (χ1v) is 9.03. The summed E-state index contributed by atoms with van der Waals surface area (Å²) < 4.78 is 45.4. The topological polar surface area (TPSA) is 4.93 Å². The first kappa shape index (κ1) is 23.1. The lowest BCUT2D eigenvalue weighted by molar-refractivity contribution is 0.582. The van der Waals surface area contributed by atoms with Crippen molar-refractivity contribution in [1.82, 2.24) is 4.57 Å². The SMILES string of the molecule is C#C.C/C=c1\c(=C/C)n(C)c2c(F)c(C(/C=C\C(F)=C/CC)=C/C)c(F)cc12. The van der Waals surface area contributed by atoms with Gasteiger partial charge in [0.15, 0.2) is 5.82 Å².